The second kappa shape index (κ2) is 9.62. The molecule has 0 spiro atoms. The zero-order valence-electron chi connectivity index (χ0n) is 17.3. The monoisotopic (exact) mass is 383 g/mol. The van der Waals surface area contributed by atoms with Crippen LogP contribution in [-0.2, 0) is 11.3 Å². The molecule has 0 bridgehead atoms. The highest BCUT2D eigenvalue weighted by molar-refractivity contribution is 5.81. The second-order valence-corrected chi connectivity index (χ2v) is 7.81. The third kappa shape index (κ3) is 5.27. The Morgan fingerprint density at radius 2 is 2.07 bits per heavy atom. The molecular formula is C22H33N5O. The molecule has 0 saturated carbocycles. The zero-order chi connectivity index (χ0) is 19.9. The number of aliphatic imine (C=N–C) groups is 1. The van der Waals surface area contributed by atoms with Crippen molar-refractivity contribution in [3.8, 4) is 0 Å². The van der Waals surface area contributed by atoms with E-state index < -0.39 is 0 Å². The number of nitrogens with zero attached hydrogens (tertiary/aromatic N) is 3. The Labute approximate surface area is 168 Å². The van der Waals surface area contributed by atoms with E-state index in [1.807, 2.05) is 18.7 Å². The Bertz CT molecular complexity index is 719. The molecule has 6 heteroatoms. The summed E-state index contributed by atoms with van der Waals surface area (Å²) in [6.07, 6.45) is 5.36. The van der Waals surface area contributed by atoms with Gasteiger partial charge in [-0.15, -0.1) is 0 Å². The smallest absolute Gasteiger partial charge is 0.225 e. The van der Waals surface area contributed by atoms with Crippen molar-refractivity contribution >= 4 is 17.6 Å². The molecule has 2 N–H and O–H groups in total. The molecule has 1 unspecified atom stereocenters. The summed E-state index contributed by atoms with van der Waals surface area (Å²) in [5, 5.41) is 6.84. The lowest BCUT2D eigenvalue weighted by molar-refractivity contribution is -0.133. The summed E-state index contributed by atoms with van der Waals surface area (Å²) in [6, 6.07) is 8.85. The number of hydrogen-bond acceptors (Lipinski definition) is 3. The van der Waals surface area contributed by atoms with E-state index in [-0.39, 0.29) is 17.9 Å². The standard InChI is InChI=1S/C22H33N5O/c1-4-23-22(25-19-10-13-27(16-19)21(28)17(2)3)24-15-18-8-7-9-20(14-18)26-11-5-6-12-26/h5-9,14,17,19H,4,10-13,15-16H2,1-3H3,(H2,23,24,25). The minimum Gasteiger partial charge on any atom is -0.364 e. The minimum absolute atomic E-state index is 0.0544. The molecule has 3 rings (SSSR count). The molecule has 2 aliphatic heterocycles. The highest BCUT2D eigenvalue weighted by Gasteiger charge is 2.27. The lowest BCUT2D eigenvalue weighted by Crippen LogP contribution is -2.45. The van der Waals surface area contributed by atoms with Crippen molar-refractivity contribution in [3.63, 3.8) is 0 Å². The first-order valence-corrected chi connectivity index (χ1v) is 10.4. The Kier molecular flexibility index (Phi) is 6.95. The van der Waals surface area contributed by atoms with Crippen molar-refractivity contribution in [1.29, 1.82) is 0 Å². The van der Waals surface area contributed by atoms with Crippen LogP contribution in [-0.4, -0.2) is 55.5 Å². The van der Waals surface area contributed by atoms with Crippen LogP contribution >= 0.6 is 0 Å². The van der Waals surface area contributed by atoms with Crippen LogP contribution < -0.4 is 15.5 Å². The zero-order valence-corrected chi connectivity index (χ0v) is 17.3. The van der Waals surface area contributed by atoms with Gasteiger partial charge >= 0.3 is 0 Å². The third-order valence-electron chi connectivity index (χ3n) is 5.19. The summed E-state index contributed by atoms with van der Waals surface area (Å²) in [6.45, 7) is 11.0. The number of nitrogens with one attached hydrogen (secondary N) is 2. The normalized spacial score (nSPS) is 19.6. The molecule has 0 radical (unpaired) electrons. The number of likely N-dealkylation sites (tertiary alicyclic amines) is 1. The van der Waals surface area contributed by atoms with E-state index in [1.54, 1.807) is 0 Å². The van der Waals surface area contributed by atoms with Crippen LogP contribution in [0.25, 0.3) is 0 Å². The second-order valence-electron chi connectivity index (χ2n) is 7.81. The maximum absolute atomic E-state index is 12.2. The van der Waals surface area contributed by atoms with E-state index in [0.29, 0.717) is 6.54 Å². The van der Waals surface area contributed by atoms with Crippen LogP contribution in [0.1, 0.15) is 32.8 Å². The number of carbonyl (C=O) groups excluding carboxylic acids is 1. The van der Waals surface area contributed by atoms with Crippen molar-refractivity contribution in [1.82, 2.24) is 15.5 Å². The van der Waals surface area contributed by atoms with Crippen molar-refractivity contribution in [2.75, 3.05) is 37.6 Å². The number of hydrogen-bond donors (Lipinski definition) is 2. The van der Waals surface area contributed by atoms with Crippen LogP contribution in [0.5, 0.6) is 0 Å². The highest BCUT2D eigenvalue weighted by Crippen LogP contribution is 2.19. The quantitative estimate of drug-likeness (QED) is 0.450. The van der Waals surface area contributed by atoms with Gasteiger partial charge in [0.25, 0.3) is 0 Å². The van der Waals surface area contributed by atoms with Gasteiger partial charge in [-0.25, -0.2) is 4.99 Å². The summed E-state index contributed by atoms with van der Waals surface area (Å²) in [4.78, 5) is 21.3. The molecule has 28 heavy (non-hydrogen) atoms. The summed E-state index contributed by atoms with van der Waals surface area (Å²) in [5.74, 6) is 1.11. The van der Waals surface area contributed by atoms with E-state index in [0.717, 1.165) is 45.1 Å². The fourth-order valence-corrected chi connectivity index (χ4v) is 3.67. The molecule has 2 aliphatic rings. The molecule has 1 aromatic rings. The molecule has 1 saturated heterocycles. The predicted octanol–water partition coefficient (Wildman–Crippen LogP) is 2.37. The average Bonchev–Trinajstić information content (AvgIpc) is 3.38. The molecule has 0 aromatic heterocycles. The lowest BCUT2D eigenvalue weighted by atomic mass is 10.2. The number of rotatable bonds is 6. The van der Waals surface area contributed by atoms with Gasteiger partial charge in [-0.2, -0.15) is 0 Å². The highest BCUT2D eigenvalue weighted by atomic mass is 16.2. The van der Waals surface area contributed by atoms with Gasteiger partial charge in [-0.05, 0) is 31.0 Å². The van der Waals surface area contributed by atoms with Crippen molar-refractivity contribution in [3.05, 3.63) is 42.0 Å². The van der Waals surface area contributed by atoms with Gasteiger partial charge in [-0.1, -0.05) is 38.1 Å². The number of guanidine groups is 1. The minimum atomic E-state index is 0.0544. The fourth-order valence-electron chi connectivity index (χ4n) is 3.67. The van der Waals surface area contributed by atoms with Gasteiger partial charge in [0.05, 0.1) is 6.54 Å². The van der Waals surface area contributed by atoms with Crippen LogP contribution in [0.4, 0.5) is 5.69 Å². The first-order chi connectivity index (χ1) is 13.6. The summed E-state index contributed by atoms with van der Waals surface area (Å²) < 4.78 is 0. The van der Waals surface area contributed by atoms with E-state index in [4.69, 9.17) is 4.99 Å². The van der Waals surface area contributed by atoms with Gasteiger partial charge in [0, 0.05) is 50.4 Å². The fraction of sp³-hybridized carbons (Fsp3) is 0.545. The number of amides is 1. The molecule has 1 aromatic carbocycles. The molecule has 1 amide bonds. The van der Waals surface area contributed by atoms with Crippen LogP contribution in [0, 0.1) is 5.92 Å². The van der Waals surface area contributed by atoms with Gasteiger partial charge in [0.2, 0.25) is 5.91 Å². The SMILES string of the molecule is CCNC(=NCc1cccc(N2CC=CC2)c1)NC1CCN(C(=O)C(C)C)C1. The first kappa shape index (κ1) is 20.2. The van der Waals surface area contributed by atoms with Crippen molar-refractivity contribution < 1.29 is 4.79 Å². The maximum Gasteiger partial charge on any atom is 0.225 e. The van der Waals surface area contributed by atoms with Gasteiger partial charge in [-0.3, -0.25) is 4.79 Å². The average molecular weight is 384 g/mol. The Morgan fingerprint density at radius 3 is 2.79 bits per heavy atom. The van der Waals surface area contributed by atoms with Crippen LogP contribution in [0.15, 0.2) is 41.4 Å². The number of benzene rings is 1. The Balaban J connectivity index is 1.59. The molecule has 1 atom stereocenters. The van der Waals surface area contributed by atoms with Crippen molar-refractivity contribution in [2.45, 2.75) is 39.8 Å². The summed E-state index contributed by atoms with van der Waals surface area (Å²) in [7, 11) is 0. The third-order valence-corrected chi connectivity index (χ3v) is 5.19. The first-order valence-electron chi connectivity index (χ1n) is 10.4. The van der Waals surface area contributed by atoms with Gasteiger partial charge in [0.15, 0.2) is 5.96 Å². The summed E-state index contributed by atoms with van der Waals surface area (Å²) in [5.41, 5.74) is 2.44. The summed E-state index contributed by atoms with van der Waals surface area (Å²) >= 11 is 0. The van der Waals surface area contributed by atoms with Crippen molar-refractivity contribution in [2.24, 2.45) is 10.9 Å². The van der Waals surface area contributed by atoms with Crippen LogP contribution in [0.3, 0.4) is 0 Å². The molecule has 1 fully saturated rings. The molecular weight excluding hydrogens is 350 g/mol. The molecule has 152 valence electrons. The largest absolute Gasteiger partial charge is 0.364 e. The number of carbonyl (C=O) groups is 1. The van der Waals surface area contributed by atoms with Gasteiger partial charge < -0.3 is 20.4 Å². The topological polar surface area (TPSA) is 60.0 Å². The lowest BCUT2D eigenvalue weighted by Gasteiger charge is -2.20. The molecule has 2 heterocycles. The molecule has 0 aliphatic carbocycles. The van der Waals surface area contributed by atoms with E-state index in [1.165, 1.54) is 11.3 Å². The Hall–Kier alpha value is -2.50. The van der Waals surface area contributed by atoms with Crippen LogP contribution in [0.2, 0.25) is 0 Å². The molecule has 6 nitrogen and oxygen atoms in total. The number of anilines is 1. The van der Waals surface area contributed by atoms with E-state index in [2.05, 4.69) is 58.9 Å². The Morgan fingerprint density at radius 1 is 1.29 bits per heavy atom. The predicted molar refractivity (Wildman–Crippen MR) is 116 cm³/mol. The maximum atomic E-state index is 12.2. The van der Waals surface area contributed by atoms with E-state index in [9.17, 15) is 4.79 Å². The van der Waals surface area contributed by atoms with Gasteiger partial charge in [0.1, 0.15) is 0 Å². The van der Waals surface area contributed by atoms with E-state index >= 15 is 0 Å².